The van der Waals surface area contributed by atoms with E-state index < -0.39 is 0 Å². The number of hydrogen-bond donors (Lipinski definition) is 0. The lowest BCUT2D eigenvalue weighted by Crippen LogP contribution is -2.05. The third-order valence-electron chi connectivity index (χ3n) is 11.6. The topological polar surface area (TPSA) is 0 Å². The van der Waals surface area contributed by atoms with Crippen molar-refractivity contribution in [3.05, 3.63) is 179 Å². The number of benzene rings is 5. The van der Waals surface area contributed by atoms with Crippen LogP contribution >= 0.6 is 0 Å². The van der Waals surface area contributed by atoms with Crippen LogP contribution in [-0.2, 0) is 6.42 Å². The molecule has 0 heteroatoms. The average molecular weight is 783 g/mol. The van der Waals surface area contributed by atoms with E-state index in [9.17, 15) is 0 Å². The first kappa shape index (κ1) is 52.1. The second-order valence-corrected chi connectivity index (χ2v) is 18.0. The van der Waals surface area contributed by atoms with Gasteiger partial charge in [0.2, 0.25) is 0 Å². The quantitative estimate of drug-likeness (QED) is 0.105. The van der Waals surface area contributed by atoms with Gasteiger partial charge in [-0.2, -0.15) is 0 Å². The summed E-state index contributed by atoms with van der Waals surface area (Å²) in [4.78, 5) is 0. The Bertz CT molecular complexity index is 1550. The van der Waals surface area contributed by atoms with Crippen molar-refractivity contribution < 1.29 is 0 Å². The maximum atomic E-state index is 2.31. The standard InChI is InChI=1S/C13H20.C12H18.3C11H16/c1-4-8-13(11(2)3)12-9-6-5-7-10-12;1-4-12(10(2)3)11-8-6-5-7-9-11;2*1-9(2)10(3)11-7-5-4-6-8-11;1-10(2)8-9-11-6-4-3-5-7-11/h5-7,9-11,13H,4,8H2,1-3H3;5-10,12H,4H2,1-3H3;2*4-10H,1-3H3;3-7,10H,8-9H2,1-2H3/t13-;12-;2*10-;/m1110./s1. The van der Waals surface area contributed by atoms with Gasteiger partial charge in [-0.05, 0) is 107 Å². The highest BCUT2D eigenvalue weighted by Crippen LogP contribution is 2.29. The maximum Gasteiger partial charge on any atom is -0.0139 e. The van der Waals surface area contributed by atoms with Gasteiger partial charge in [-0.15, -0.1) is 0 Å². The molecule has 0 aromatic heterocycles. The number of rotatable bonds is 14. The van der Waals surface area contributed by atoms with Crippen LogP contribution in [0.15, 0.2) is 152 Å². The van der Waals surface area contributed by atoms with E-state index in [1.165, 1.54) is 59.9 Å². The van der Waals surface area contributed by atoms with E-state index in [1.807, 2.05) is 0 Å². The van der Waals surface area contributed by atoms with Crippen molar-refractivity contribution in [2.24, 2.45) is 29.6 Å². The molecule has 0 aliphatic carbocycles. The van der Waals surface area contributed by atoms with Gasteiger partial charge in [-0.1, -0.05) is 255 Å². The van der Waals surface area contributed by atoms with E-state index in [2.05, 4.69) is 249 Å². The summed E-state index contributed by atoms with van der Waals surface area (Å²) in [5.74, 6) is 6.61. The van der Waals surface area contributed by atoms with Crippen LogP contribution in [-0.4, -0.2) is 0 Å². The molecule has 0 fully saturated rings. The summed E-state index contributed by atoms with van der Waals surface area (Å²) in [5, 5.41) is 0. The molecule has 0 saturated carbocycles. The summed E-state index contributed by atoms with van der Waals surface area (Å²) in [6, 6.07) is 53.7. The van der Waals surface area contributed by atoms with Gasteiger partial charge in [0.1, 0.15) is 0 Å². The zero-order valence-corrected chi connectivity index (χ0v) is 39.7. The molecule has 0 saturated heterocycles. The summed E-state index contributed by atoms with van der Waals surface area (Å²) < 4.78 is 0. The Hall–Kier alpha value is -3.90. The Balaban J connectivity index is 0.000000363. The summed E-state index contributed by atoms with van der Waals surface area (Å²) >= 11 is 0. The van der Waals surface area contributed by atoms with E-state index in [4.69, 9.17) is 0 Å². The highest BCUT2D eigenvalue weighted by Gasteiger charge is 2.14. The molecule has 5 aromatic carbocycles. The third-order valence-corrected chi connectivity index (χ3v) is 11.6. The van der Waals surface area contributed by atoms with Crippen LogP contribution in [0.4, 0.5) is 0 Å². The fourth-order valence-corrected chi connectivity index (χ4v) is 7.07. The minimum absolute atomic E-state index is 0.677. The fourth-order valence-electron chi connectivity index (χ4n) is 7.07. The van der Waals surface area contributed by atoms with Gasteiger partial charge >= 0.3 is 0 Å². The van der Waals surface area contributed by atoms with Gasteiger partial charge < -0.3 is 0 Å². The van der Waals surface area contributed by atoms with Crippen molar-refractivity contribution in [3.63, 3.8) is 0 Å². The molecule has 5 rings (SSSR count). The molecule has 0 nitrogen and oxygen atoms in total. The van der Waals surface area contributed by atoms with Gasteiger partial charge in [-0.25, -0.2) is 0 Å². The highest BCUT2D eigenvalue weighted by atomic mass is 14.2. The largest absolute Gasteiger partial charge is 0.0654 e. The van der Waals surface area contributed by atoms with Crippen LogP contribution in [0.5, 0.6) is 0 Å². The molecule has 0 spiro atoms. The molecule has 0 bridgehead atoms. The predicted molar refractivity (Wildman–Crippen MR) is 262 cm³/mol. The van der Waals surface area contributed by atoms with Crippen LogP contribution < -0.4 is 0 Å². The molecule has 0 radical (unpaired) electrons. The Kier molecular flexibility index (Phi) is 27.9. The minimum Gasteiger partial charge on any atom is -0.0654 e. The van der Waals surface area contributed by atoms with E-state index in [0.29, 0.717) is 11.8 Å². The second kappa shape index (κ2) is 31.1. The summed E-state index contributed by atoms with van der Waals surface area (Å²) in [6.07, 6.45) is 6.34. The summed E-state index contributed by atoms with van der Waals surface area (Å²) in [7, 11) is 0. The predicted octanol–water partition coefficient (Wildman–Crippen LogP) is 18.2. The molecule has 0 aliphatic heterocycles. The van der Waals surface area contributed by atoms with Crippen molar-refractivity contribution in [2.75, 3.05) is 0 Å². The molecule has 58 heavy (non-hydrogen) atoms. The van der Waals surface area contributed by atoms with Gasteiger partial charge in [0.05, 0.1) is 0 Å². The zero-order chi connectivity index (χ0) is 43.3. The van der Waals surface area contributed by atoms with Crippen LogP contribution in [0, 0.1) is 29.6 Å². The molecular weight excluding hydrogens is 697 g/mol. The molecule has 0 unspecified atom stereocenters. The van der Waals surface area contributed by atoms with Crippen molar-refractivity contribution in [1.29, 1.82) is 0 Å². The van der Waals surface area contributed by atoms with Gasteiger partial charge in [-0.3, -0.25) is 0 Å². The van der Waals surface area contributed by atoms with E-state index in [-0.39, 0.29) is 0 Å². The van der Waals surface area contributed by atoms with Crippen molar-refractivity contribution >= 4 is 0 Å². The number of aryl methyl sites for hydroxylation is 1. The van der Waals surface area contributed by atoms with Gasteiger partial charge in [0, 0.05) is 0 Å². The second-order valence-electron chi connectivity index (χ2n) is 18.0. The first-order valence-corrected chi connectivity index (χ1v) is 23.0. The zero-order valence-electron chi connectivity index (χ0n) is 39.7. The van der Waals surface area contributed by atoms with Crippen LogP contribution in [0.2, 0.25) is 0 Å². The van der Waals surface area contributed by atoms with E-state index in [1.54, 1.807) is 0 Å². The molecule has 0 heterocycles. The third kappa shape index (κ3) is 22.3. The Morgan fingerprint density at radius 1 is 0.328 bits per heavy atom. The van der Waals surface area contributed by atoms with Crippen LogP contribution in [0.3, 0.4) is 0 Å². The minimum atomic E-state index is 0.677. The van der Waals surface area contributed by atoms with E-state index in [0.717, 1.165) is 41.4 Å². The lowest BCUT2D eigenvalue weighted by Gasteiger charge is -2.20. The Labute approximate surface area is 360 Å². The Morgan fingerprint density at radius 2 is 0.638 bits per heavy atom. The first-order valence-electron chi connectivity index (χ1n) is 23.0. The van der Waals surface area contributed by atoms with Gasteiger partial charge in [0.25, 0.3) is 0 Å². The van der Waals surface area contributed by atoms with E-state index >= 15 is 0 Å². The smallest absolute Gasteiger partial charge is 0.0139 e. The lowest BCUT2D eigenvalue weighted by molar-refractivity contribution is 0.463. The lowest BCUT2D eigenvalue weighted by atomic mass is 9.85. The fraction of sp³-hybridized carbons (Fsp3) is 0.483. The summed E-state index contributed by atoms with van der Waals surface area (Å²) in [6.45, 7) is 31.9. The average Bonchev–Trinajstić information content (AvgIpc) is 3.24. The molecular formula is C58H86. The maximum absolute atomic E-state index is 2.31. The summed E-state index contributed by atoms with van der Waals surface area (Å²) in [5.41, 5.74) is 7.33. The van der Waals surface area contributed by atoms with Crippen molar-refractivity contribution in [1.82, 2.24) is 0 Å². The molecule has 0 N–H and O–H groups in total. The normalized spacial score (nSPS) is 12.8. The SMILES string of the molecule is CC(C)CCc1ccccc1.CC(C)[C@@H](C)c1ccccc1.CC(C)[C@H](C)c1ccccc1.CCC[C@@H](c1ccccc1)C(C)C.CC[C@@H](c1ccccc1)C(C)C. The molecule has 0 aliphatic rings. The molecule has 4 atom stereocenters. The number of hydrogen-bond acceptors (Lipinski definition) is 0. The molecule has 5 aromatic rings. The van der Waals surface area contributed by atoms with Crippen molar-refractivity contribution in [3.8, 4) is 0 Å². The van der Waals surface area contributed by atoms with Crippen LogP contribution in [0.1, 0.15) is 174 Å². The van der Waals surface area contributed by atoms with Crippen molar-refractivity contribution in [2.45, 2.75) is 153 Å². The van der Waals surface area contributed by atoms with Gasteiger partial charge in [0.15, 0.2) is 0 Å². The molecule has 0 amide bonds. The Morgan fingerprint density at radius 3 is 0.914 bits per heavy atom. The highest BCUT2D eigenvalue weighted by molar-refractivity contribution is 5.22. The monoisotopic (exact) mass is 783 g/mol. The van der Waals surface area contributed by atoms with Crippen LogP contribution in [0.25, 0.3) is 0 Å². The molecule has 318 valence electrons. The first-order chi connectivity index (χ1) is 27.7.